The van der Waals surface area contributed by atoms with Crippen LogP contribution in [0.4, 0.5) is 0 Å². The van der Waals surface area contributed by atoms with Gasteiger partial charge in [-0.05, 0) is 38.5 Å². The summed E-state index contributed by atoms with van der Waals surface area (Å²) < 4.78 is 5.53. The molecular formula is C16H24IN3OS. The summed E-state index contributed by atoms with van der Waals surface area (Å²) in [6, 6.07) is 6.42. The van der Waals surface area contributed by atoms with Gasteiger partial charge in [-0.25, -0.2) is 0 Å². The summed E-state index contributed by atoms with van der Waals surface area (Å²) >= 11 is 1.85. The van der Waals surface area contributed by atoms with Crippen LogP contribution in [0.25, 0.3) is 0 Å². The van der Waals surface area contributed by atoms with Crippen molar-refractivity contribution in [3.8, 4) is 0 Å². The molecule has 0 atom stereocenters. The first-order valence-corrected chi connectivity index (χ1v) is 8.02. The van der Waals surface area contributed by atoms with E-state index < -0.39 is 0 Å². The van der Waals surface area contributed by atoms with Gasteiger partial charge in [-0.3, -0.25) is 4.99 Å². The molecule has 6 heteroatoms. The second-order valence-electron chi connectivity index (χ2n) is 4.94. The molecule has 2 heterocycles. The van der Waals surface area contributed by atoms with E-state index in [2.05, 4.69) is 40.7 Å². The monoisotopic (exact) mass is 433 g/mol. The fourth-order valence-corrected chi connectivity index (χ4v) is 3.03. The van der Waals surface area contributed by atoms with Gasteiger partial charge in [-0.15, -0.1) is 35.3 Å². The standard InChI is InChI=1S/C16H23N3OS.HI/c1-5-14-6-7-15(21-14)10-19-16(17-4)18-9-13-8-11(2)20-12(13)3;/h6-8H,5,9-10H2,1-4H3,(H2,17,18,19);1H. The van der Waals surface area contributed by atoms with Gasteiger partial charge >= 0.3 is 0 Å². The van der Waals surface area contributed by atoms with Gasteiger partial charge in [-0.1, -0.05) is 6.92 Å². The van der Waals surface area contributed by atoms with Crippen molar-refractivity contribution in [3.05, 3.63) is 45.0 Å². The molecule has 4 nitrogen and oxygen atoms in total. The van der Waals surface area contributed by atoms with Crippen LogP contribution in [0.1, 0.15) is 33.8 Å². The summed E-state index contributed by atoms with van der Waals surface area (Å²) in [6.07, 6.45) is 1.09. The van der Waals surface area contributed by atoms with E-state index in [-0.39, 0.29) is 24.0 Å². The maximum atomic E-state index is 5.53. The van der Waals surface area contributed by atoms with Crippen LogP contribution in [0.5, 0.6) is 0 Å². The van der Waals surface area contributed by atoms with E-state index in [1.54, 1.807) is 7.05 Å². The summed E-state index contributed by atoms with van der Waals surface area (Å²) in [5, 5.41) is 6.65. The van der Waals surface area contributed by atoms with Crippen molar-refractivity contribution in [2.24, 2.45) is 4.99 Å². The zero-order chi connectivity index (χ0) is 15.2. The minimum absolute atomic E-state index is 0. The van der Waals surface area contributed by atoms with Crippen LogP contribution in [0, 0.1) is 13.8 Å². The van der Waals surface area contributed by atoms with Gasteiger partial charge in [0.15, 0.2) is 5.96 Å². The Morgan fingerprint density at radius 1 is 1.18 bits per heavy atom. The summed E-state index contributed by atoms with van der Waals surface area (Å²) in [5.74, 6) is 2.71. The fraction of sp³-hybridized carbons (Fsp3) is 0.438. The van der Waals surface area contributed by atoms with Crippen molar-refractivity contribution >= 4 is 41.3 Å². The molecule has 22 heavy (non-hydrogen) atoms. The Morgan fingerprint density at radius 3 is 2.41 bits per heavy atom. The highest BCUT2D eigenvalue weighted by molar-refractivity contribution is 14.0. The van der Waals surface area contributed by atoms with E-state index in [0.717, 1.165) is 30.4 Å². The van der Waals surface area contributed by atoms with Gasteiger partial charge < -0.3 is 15.1 Å². The third kappa shape index (κ3) is 5.31. The number of nitrogens with one attached hydrogen (secondary N) is 2. The largest absolute Gasteiger partial charge is 0.466 e. The number of furan rings is 1. The van der Waals surface area contributed by atoms with Crippen molar-refractivity contribution in [2.75, 3.05) is 7.05 Å². The minimum Gasteiger partial charge on any atom is -0.466 e. The number of hydrogen-bond acceptors (Lipinski definition) is 3. The highest BCUT2D eigenvalue weighted by Crippen LogP contribution is 2.16. The zero-order valence-corrected chi connectivity index (χ0v) is 16.7. The molecule has 2 aromatic heterocycles. The molecular weight excluding hydrogens is 409 g/mol. The van der Waals surface area contributed by atoms with E-state index in [1.165, 1.54) is 15.3 Å². The molecule has 0 aliphatic rings. The van der Waals surface area contributed by atoms with Crippen LogP contribution in [0.3, 0.4) is 0 Å². The first-order chi connectivity index (χ1) is 10.1. The molecule has 0 aromatic carbocycles. The topological polar surface area (TPSA) is 49.6 Å². The number of rotatable bonds is 5. The first kappa shape index (κ1) is 19.0. The molecule has 0 aliphatic carbocycles. The maximum absolute atomic E-state index is 5.53. The zero-order valence-electron chi connectivity index (χ0n) is 13.5. The first-order valence-electron chi connectivity index (χ1n) is 7.20. The smallest absolute Gasteiger partial charge is 0.191 e. The van der Waals surface area contributed by atoms with Crippen LogP contribution in [-0.4, -0.2) is 13.0 Å². The van der Waals surface area contributed by atoms with Gasteiger partial charge in [0.2, 0.25) is 0 Å². The molecule has 2 rings (SSSR count). The highest BCUT2D eigenvalue weighted by atomic mass is 127. The van der Waals surface area contributed by atoms with Crippen molar-refractivity contribution in [1.82, 2.24) is 10.6 Å². The van der Waals surface area contributed by atoms with Gasteiger partial charge in [0, 0.05) is 28.9 Å². The summed E-state index contributed by atoms with van der Waals surface area (Å²) in [5.41, 5.74) is 1.17. The molecule has 2 aromatic rings. The number of aryl methyl sites for hydroxylation is 3. The number of aliphatic imine (C=N–C) groups is 1. The number of nitrogens with zero attached hydrogens (tertiary/aromatic N) is 1. The molecule has 0 aliphatic heterocycles. The van der Waals surface area contributed by atoms with Crippen molar-refractivity contribution in [2.45, 2.75) is 40.3 Å². The molecule has 0 amide bonds. The minimum atomic E-state index is 0. The van der Waals surface area contributed by atoms with Crippen molar-refractivity contribution < 1.29 is 4.42 Å². The number of guanidine groups is 1. The molecule has 122 valence electrons. The highest BCUT2D eigenvalue weighted by Gasteiger charge is 2.06. The molecule has 0 radical (unpaired) electrons. The van der Waals surface area contributed by atoms with Crippen LogP contribution in [-0.2, 0) is 19.5 Å². The van der Waals surface area contributed by atoms with Crippen LogP contribution >= 0.6 is 35.3 Å². The Bertz CT molecular complexity index is 619. The predicted octanol–water partition coefficient (Wildman–Crippen LogP) is 4.00. The second-order valence-corrected chi connectivity index (χ2v) is 6.19. The van der Waals surface area contributed by atoms with Crippen molar-refractivity contribution in [3.63, 3.8) is 0 Å². The third-order valence-corrected chi connectivity index (χ3v) is 4.54. The second kappa shape index (κ2) is 9.19. The Morgan fingerprint density at radius 2 is 1.86 bits per heavy atom. The van der Waals surface area contributed by atoms with E-state index in [4.69, 9.17) is 4.42 Å². The normalized spacial score (nSPS) is 11.2. The lowest BCUT2D eigenvalue weighted by Gasteiger charge is -2.10. The summed E-state index contributed by atoms with van der Waals surface area (Å²) in [6.45, 7) is 7.64. The average molecular weight is 433 g/mol. The van der Waals surface area contributed by atoms with E-state index in [0.29, 0.717) is 6.54 Å². The average Bonchev–Trinajstić information content (AvgIpc) is 3.05. The Labute approximate surface area is 153 Å². The van der Waals surface area contributed by atoms with Gasteiger partial charge in [0.05, 0.1) is 6.54 Å². The molecule has 0 spiro atoms. The quantitative estimate of drug-likeness (QED) is 0.426. The van der Waals surface area contributed by atoms with Crippen LogP contribution in [0.15, 0.2) is 27.6 Å². The number of halogens is 1. The van der Waals surface area contributed by atoms with Crippen LogP contribution in [0.2, 0.25) is 0 Å². The van der Waals surface area contributed by atoms with Crippen molar-refractivity contribution in [1.29, 1.82) is 0 Å². The summed E-state index contributed by atoms with van der Waals surface area (Å²) in [7, 11) is 1.79. The van der Waals surface area contributed by atoms with Crippen LogP contribution < -0.4 is 10.6 Å². The maximum Gasteiger partial charge on any atom is 0.191 e. The lowest BCUT2D eigenvalue weighted by atomic mass is 10.2. The van der Waals surface area contributed by atoms with Gasteiger partial charge in [0.25, 0.3) is 0 Å². The molecule has 0 saturated heterocycles. The number of hydrogen-bond donors (Lipinski definition) is 2. The van der Waals surface area contributed by atoms with Gasteiger partial charge in [-0.2, -0.15) is 0 Å². The lowest BCUT2D eigenvalue weighted by Crippen LogP contribution is -2.36. The Kier molecular flexibility index (Phi) is 7.95. The number of thiophene rings is 1. The van der Waals surface area contributed by atoms with Gasteiger partial charge in [0.1, 0.15) is 11.5 Å². The van der Waals surface area contributed by atoms with E-state index >= 15 is 0 Å². The third-order valence-electron chi connectivity index (χ3n) is 3.31. The van der Waals surface area contributed by atoms with E-state index in [9.17, 15) is 0 Å². The Hall–Kier alpha value is -1.02. The van der Waals surface area contributed by atoms with E-state index in [1.807, 2.05) is 25.2 Å². The lowest BCUT2D eigenvalue weighted by molar-refractivity contribution is 0.500. The SMILES string of the molecule is CCc1ccc(CNC(=NC)NCc2cc(C)oc2C)s1.I. The molecule has 0 bridgehead atoms. The predicted molar refractivity (Wildman–Crippen MR) is 104 cm³/mol. The molecule has 0 fully saturated rings. The Balaban J connectivity index is 0.00000242. The fourth-order valence-electron chi connectivity index (χ4n) is 2.14. The molecule has 2 N–H and O–H groups in total. The molecule has 0 saturated carbocycles. The molecule has 0 unspecified atom stereocenters. The summed E-state index contributed by atoms with van der Waals surface area (Å²) in [4.78, 5) is 6.99.